The van der Waals surface area contributed by atoms with Crippen molar-refractivity contribution in [3.8, 4) is 0 Å². The molecule has 0 N–H and O–H groups in total. The van der Waals surface area contributed by atoms with Crippen molar-refractivity contribution in [1.29, 1.82) is 0 Å². The zero-order chi connectivity index (χ0) is 15.8. The Morgan fingerprint density at radius 1 is 1.45 bits per heavy atom. The van der Waals surface area contributed by atoms with E-state index in [9.17, 15) is 4.79 Å². The van der Waals surface area contributed by atoms with Gasteiger partial charge in [0.15, 0.2) is 0 Å². The second-order valence-electron chi connectivity index (χ2n) is 6.00. The molecule has 1 aliphatic heterocycles. The molecule has 0 unspecified atom stereocenters. The largest absolute Gasteiger partial charge is 0.376 e. The molecular formula is C17H27N3O2. The summed E-state index contributed by atoms with van der Waals surface area (Å²) in [6.07, 6.45) is 6.91. The lowest BCUT2D eigenvalue weighted by atomic mass is 10.1. The van der Waals surface area contributed by atoms with Crippen LogP contribution >= 0.6 is 0 Å². The molecule has 0 aromatic carbocycles. The van der Waals surface area contributed by atoms with Gasteiger partial charge in [-0.05, 0) is 44.0 Å². The number of carbonyl (C=O) groups is 1. The predicted octanol–water partition coefficient (Wildman–Crippen LogP) is 1.93. The minimum absolute atomic E-state index is 0.196. The minimum atomic E-state index is 0.196. The lowest BCUT2D eigenvalue weighted by Gasteiger charge is -2.33. The summed E-state index contributed by atoms with van der Waals surface area (Å²) < 4.78 is 5.80. The molecule has 5 nitrogen and oxygen atoms in total. The van der Waals surface area contributed by atoms with Gasteiger partial charge in [-0.3, -0.25) is 14.7 Å². The Labute approximate surface area is 133 Å². The van der Waals surface area contributed by atoms with Gasteiger partial charge in [-0.2, -0.15) is 0 Å². The number of nitrogens with zero attached hydrogens (tertiary/aromatic N) is 3. The third-order valence-electron chi connectivity index (χ3n) is 3.90. The fraction of sp³-hybridized carbons (Fsp3) is 0.647. The Bertz CT molecular complexity index is 452. The van der Waals surface area contributed by atoms with Gasteiger partial charge < -0.3 is 9.64 Å². The van der Waals surface area contributed by atoms with Gasteiger partial charge >= 0.3 is 0 Å². The van der Waals surface area contributed by atoms with Crippen LogP contribution in [0.15, 0.2) is 24.5 Å². The molecular weight excluding hydrogens is 278 g/mol. The predicted molar refractivity (Wildman–Crippen MR) is 86.4 cm³/mol. The Hall–Kier alpha value is -1.46. The van der Waals surface area contributed by atoms with Crippen LogP contribution in [-0.2, 0) is 16.1 Å². The van der Waals surface area contributed by atoms with Crippen molar-refractivity contribution in [2.45, 2.75) is 38.8 Å². The maximum Gasteiger partial charge on any atom is 0.236 e. The number of amides is 1. The van der Waals surface area contributed by atoms with Crippen LogP contribution in [0.3, 0.4) is 0 Å². The summed E-state index contributed by atoms with van der Waals surface area (Å²) in [6.45, 7) is 5.70. The first-order chi connectivity index (χ1) is 10.7. The van der Waals surface area contributed by atoms with Gasteiger partial charge in [-0.1, -0.05) is 6.92 Å². The lowest BCUT2D eigenvalue weighted by Crippen LogP contribution is -2.46. The summed E-state index contributed by atoms with van der Waals surface area (Å²) in [6, 6.07) is 3.97. The molecule has 1 amide bonds. The topological polar surface area (TPSA) is 45.7 Å². The van der Waals surface area contributed by atoms with E-state index in [1.807, 2.05) is 29.0 Å². The molecule has 0 bridgehead atoms. The lowest BCUT2D eigenvalue weighted by molar-refractivity contribution is -0.136. The van der Waals surface area contributed by atoms with Crippen molar-refractivity contribution < 1.29 is 9.53 Å². The molecule has 122 valence electrons. The highest BCUT2D eigenvalue weighted by molar-refractivity contribution is 5.78. The number of hydrogen-bond donors (Lipinski definition) is 0. The first-order valence-electron chi connectivity index (χ1n) is 8.16. The van der Waals surface area contributed by atoms with E-state index < -0.39 is 0 Å². The number of hydrogen-bond acceptors (Lipinski definition) is 4. The van der Waals surface area contributed by atoms with Crippen molar-refractivity contribution in [2.75, 3.05) is 33.3 Å². The molecule has 1 aromatic heterocycles. The van der Waals surface area contributed by atoms with E-state index >= 15 is 0 Å². The van der Waals surface area contributed by atoms with Gasteiger partial charge in [0.2, 0.25) is 5.91 Å². The van der Waals surface area contributed by atoms with E-state index in [4.69, 9.17) is 4.74 Å². The number of carbonyl (C=O) groups excluding carboxylic acids is 1. The smallest absolute Gasteiger partial charge is 0.236 e. The fourth-order valence-electron chi connectivity index (χ4n) is 2.77. The molecule has 0 saturated carbocycles. The van der Waals surface area contributed by atoms with Crippen molar-refractivity contribution in [3.63, 3.8) is 0 Å². The standard InChI is InChI=1S/C17H27N3O2/c1-3-11-22-16-5-4-10-20(13-16)17(21)14-19(2)12-15-6-8-18-9-7-15/h6-9,16H,3-5,10-14H2,1-2H3/t16-/m1/s1. The molecule has 1 fully saturated rings. The van der Waals surface area contributed by atoms with Crippen molar-refractivity contribution in [1.82, 2.24) is 14.8 Å². The van der Waals surface area contributed by atoms with E-state index in [-0.39, 0.29) is 12.0 Å². The Kier molecular flexibility index (Phi) is 6.80. The number of aromatic nitrogens is 1. The minimum Gasteiger partial charge on any atom is -0.376 e. The normalized spacial score (nSPS) is 18.7. The van der Waals surface area contributed by atoms with Crippen molar-refractivity contribution in [3.05, 3.63) is 30.1 Å². The van der Waals surface area contributed by atoms with Gasteiger partial charge in [0, 0.05) is 38.6 Å². The van der Waals surface area contributed by atoms with Crippen molar-refractivity contribution >= 4 is 5.91 Å². The van der Waals surface area contributed by atoms with Gasteiger partial charge in [-0.25, -0.2) is 0 Å². The van der Waals surface area contributed by atoms with Crippen LogP contribution in [0.2, 0.25) is 0 Å². The first-order valence-corrected chi connectivity index (χ1v) is 8.16. The molecule has 0 spiro atoms. The van der Waals surface area contributed by atoms with Gasteiger partial charge in [0.25, 0.3) is 0 Å². The van der Waals surface area contributed by atoms with Crippen LogP contribution in [0.1, 0.15) is 31.7 Å². The number of likely N-dealkylation sites (tertiary alicyclic amines) is 1. The summed E-state index contributed by atoms with van der Waals surface area (Å²) in [5.41, 5.74) is 1.17. The van der Waals surface area contributed by atoms with Crippen LogP contribution in [0.5, 0.6) is 0 Å². The quantitative estimate of drug-likeness (QED) is 0.772. The molecule has 1 aliphatic rings. The van der Waals surface area contributed by atoms with E-state index in [2.05, 4.69) is 11.9 Å². The Balaban J connectivity index is 1.78. The second kappa shape index (κ2) is 8.86. The summed E-state index contributed by atoms with van der Waals surface area (Å²) in [5, 5.41) is 0. The number of ether oxygens (including phenoxy) is 1. The number of rotatable bonds is 7. The maximum atomic E-state index is 12.4. The summed E-state index contributed by atoms with van der Waals surface area (Å²) in [4.78, 5) is 20.4. The molecule has 1 aromatic rings. The summed E-state index contributed by atoms with van der Waals surface area (Å²) in [5.74, 6) is 0.196. The van der Waals surface area contributed by atoms with Crippen molar-refractivity contribution in [2.24, 2.45) is 0 Å². The zero-order valence-electron chi connectivity index (χ0n) is 13.7. The number of likely N-dealkylation sites (N-methyl/N-ethyl adjacent to an activating group) is 1. The van der Waals surface area contributed by atoms with Crippen LogP contribution < -0.4 is 0 Å². The zero-order valence-corrected chi connectivity index (χ0v) is 13.7. The molecule has 1 atom stereocenters. The third-order valence-corrected chi connectivity index (χ3v) is 3.90. The monoisotopic (exact) mass is 305 g/mol. The van der Waals surface area contributed by atoms with Crippen LogP contribution in [0.4, 0.5) is 0 Å². The second-order valence-corrected chi connectivity index (χ2v) is 6.00. The molecule has 22 heavy (non-hydrogen) atoms. The highest BCUT2D eigenvalue weighted by atomic mass is 16.5. The Morgan fingerprint density at radius 2 is 2.23 bits per heavy atom. The average molecular weight is 305 g/mol. The Morgan fingerprint density at radius 3 is 2.95 bits per heavy atom. The molecule has 0 aliphatic carbocycles. The summed E-state index contributed by atoms with van der Waals surface area (Å²) in [7, 11) is 1.98. The fourth-order valence-corrected chi connectivity index (χ4v) is 2.77. The van der Waals surface area contributed by atoms with Crippen LogP contribution in [-0.4, -0.2) is 60.1 Å². The van der Waals surface area contributed by atoms with Crippen LogP contribution in [0.25, 0.3) is 0 Å². The average Bonchev–Trinajstić information content (AvgIpc) is 2.54. The van der Waals surface area contributed by atoms with E-state index in [1.54, 1.807) is 12.4 Å². The molecule has 2 heterocycles. The highest BCUT2D eigenvalue weighted by Crippen LogP contribution is 2.14. The highest BCUT2D eigenvalue weighted by Gasteiger charge is 2.24. The number of piperidine rings is 1. The van der Waals surface area contributed by atoms with Crippen LogP contribution in [0, 0.1) is 0 Å². The van der Waals surface area contributed by atoms with E-state index in [0.29, 0.717) is 6.54 Å². The maximum absolute atomic E-state index is 12.4. The first kappa shape index (κ1) is 16.9. The summed E-state index contributed by atoms with van der Waals surface area (Å²) >= 11 is 0. The van der Waals surface area contributed by atoms with Gasteiger partial charge in [0.1, 0.15) is 0 Å². The van der Waals surface area contributed by atoms with Gasteiger partial charge in [-0.15, -0.1) is 0 Å². The molecule has 2 rings (SSSR count). The van der Waals surface area contributed by atoms with E-state index in [0.717, 1.165) is 45.5 Å². The third kappa shape index (κ3) is 5.39. The molecule has 0 radical (unpaired) electrons. The van der Waals surface area contributed by atoms with Gasteiger partial charge in [0.05, 0.1) is 12.6 Å². The molecule has 5 heteroatoms. The molecule has 1 saturated heterocycles. The SMILES string of the molecule is CCCO[C@@H]1CCCN(C(=O)CN(C)Cc2ccncc2)C1. The number of pyridine rings is 1. The van der Waals surface area contributed by atoms with E-state index in [1.165, 1.54) is 5.56 Å².